The van der Waals surface area contributed by atoms with Gasteiger partial charge in [-0.1, -0.05) is 170 Å². The Balaban J connectivity index is 1.09. The average Bonchev–Trinajstić information content (AvgIpc) is 3.80. The quantitative estimate of drug-likeness (QED) is 0.178. The minimum absolute atomic E-state index is 0.596. The molecule has 14 rings (SSSR count). The SMILES string of the molecule is c1ccc2c(c1)Oc1ccccc1C21c2ccccc2-c2ccc(N(c3ccc4ccccc4c3)c3cccc4c3-c3ccccc3C43c4ccccc4Oc4ccccc43)cc21. The summed E-state index contributed by atoms with van der Waals surface area (Å²) in [5.74, 6) is 3.54. The molecule has 0 radical (unpaired) electrons. The van der Waals surface area contributed by atoms with Crippen molar-refractivity contribution in [2.75, 3.05) is 4.90 Å². The molecule has 2 aliphatic heterocycles. The molecular weight excluding hydrogens is 767 g/mol. The number of nitrogens with zero attached hydrogens (tertiary/aromatic N) is 1. The van der Waals surface area contributed by atoms with E-state index in [-0.39, 0.29) is 0 Å². The number of hydrogen-bond donors (Lipinski definition) is 0. The molecule has 0 saturated carbocycles. The van der Waals surface area contributed by atoms with Crippen LogP contribution in [0.5, 0.6) is 23.0 Å². The average molecular weight is 804 g/mol. The first-order valence-corrected chi connectivity index (χ1v) is 21.7. The van der Waals surface area contributed by atoms with Gasteiger partial charge in [0.15, 0.2) is 0 Å². The van der Waals surface area contributed by atoms with Crippen LogP contribution in [0.1, 0.15) is 44.5 Å². The molecule has 3 heteroatoms. The van der Waals surface area contributed by atoms with Crippen LogP contribution in [0.15, 0.2) is 224 Å². The van der Waals surface area contributed by atoms with Gasteiger partial charge in [-0.3, -0.25) is 0 Å². The lowest BCUT2D eigenvalue weighted by Gasteiger charge is -2.40. The molecule has 0 fully saturated rings. The molecule has 0 unspecified atom stereocenters. The molecule has 63 heavy (non-hydrogen) atoms. The molecule has 294 valence electrons. The normalized spacial score (nSPS) is 14.5. The van der Waals surface area contributed by atoms with E-state index in [1.54, 1.807) is 0 Å². The summed E-state index contributed by atoms with van der Waals surface area (Å²) in [4.78, 5) is 2.51. The van der Waals surface area contributed by atoms with Crippen LogP contribution >= 0.6 is 0 Å². The molecule has 0 N–H and O–H groups in total. The highest BCUT2D eigenvalue weighted by Crippen LogP contribution is 2.66. The lowest BCUT2D eigenvalue weighted by Crippen LogP contribution is -2.32. The van der Waals surface area contributed by atoms with E-state index in [0.29, 0.717) is 0 Å². The van der Waals surface area contributed by atoms with Gasteiger partial charge < -0.3 is 14.4 Å². The third-order valence-corrected chi connectivity index (χ3v) is 14.2. The summed E-state index contributed by atoms with van der Waals surface area (Å²) < 4.78 is 13.4. The molecule has 0 saturated heterocycles. The third kappa shape index (κ3) is 4.43. The highest BCUT2D eigenvalue weighted by Gasteiger charge is 2.53. The summed E-state index contributed by atoms with van der Waals surface area (Å²) in [5.41, 5.74) is 16.6. The minimum atomic E-state index is -0.604. The van der Waals surface area contributed by atoms with Crippen molar-refractivity contribution in [1.82, 2.24) is 0 Å². The van der Waals surface area contributed by atoms with Gasteiger partial charge in [-0.05, 0) is 104 Å². The van der Waals surface area contributed by atoms with Crippen molar-refractivity contribution >= 4 is 27.8 Å². The van der Waals surface area contributed by atoms with Crippen molar-refractivity contribution in [1.29, 1.82) is 0 Å². The Kier molecular flexibility index (Phi) is 6.97. The lowest BCUT2D eigenvalue weighted by atomic mass is 9.66. The molecule has 4 aliphatic rings. The van der Waals surface area contributed by atoms with E-state index in [1.807, 2.05) is 0 Å². The third-order valence-electron chi connectivity index (χ3n) is 14.2. The van der Waals surface area contributed by atoms with Gasteiger partial charge in [0.05, 0.1) is 16.5 Å². The van der Waals surface area contributed by atoms with Crippen molar-refractivity contribution in [3.63, 3.8) is 0 Å². The first-order chi connectivity index (χ1) is 31.2. The summed E-state index contributed by atoms with van der Waals surface area (Å²) in [6, 6.07) is 82.0. The molecule has 0 atom stereocenters. The van der Waals surface area contributed by atoms with Crippen LogP contribution in [-0.2, 0) is 10.8 Å². The monoisotopic (exact) mass is 803 g/mol. The van der Waals surface area contributed by atoms with Gasteiger partial charge in [0.2, 0.25) is 0 Å². The second-order valence-electron chi connectivity index (χ2n) is 17.1. The van der Waals surface area contributed by atoms with Gasteiger partial charge in [0.25, 0.3) is 0 Å². The van der Waals surface area contributed by atoms with Crippen LogP contribution in [0.25, 0.3) is 33.0 Å². The first-order valence-electron chi connectivity index (χ1n) is 21.7. The van der Waals surface area contributed by atoms with E-state index in [1.165, 1.54) is 55.3 Å². The number of anilines is 3. The highest BCUT2D eigenvalue weighted by molar-refractivity contribution is 6.00. The second kappa shape index (κ2) is 12.7. The van der Waals surface area contributed by atoms with E-state index in [2.05, 4.69) is 229 Å². The molecule has 2 aliphatic carbocycles. The zero-order valence-electron chi connectivity index (χ0n) is 34.1. The fourth-order valence-corrected chi connectivity index (χ4v) is 11.8. The number of fused-ring (bicyclic) bond motifs is 19. The maximum Gasteiger partial charge on any atom is 0.132 e. The van der Waals surface area contributed by atoms with Gasteiger partial charge in [-0.25, -0.2) is 0 Å². The Bertz CT molecular complexity index is 3470. The van der Waals surface area contributed by atoms with Crippen LogP contribution in [-0.4, -0.2) is 0 Å². The van der Waals surface area contributed by atoms with Crippen molar-refractivity contribution in [2.24, 2.45) is 0 Å². The second-order valence-corrected chi connectivity index (χ2v) is 17.1. The zero-order valence-corrected chi connectivity index (χ0v) is 34.1. The molecule has 2 heterocycles. The Morgan fingerprint density at radius 2 is 0.714 bits per heavy atom. The van der Waals surface area contributed by atoms with Gasteiger partial charge >= 0.3 is 0 Å². The standard InChI is InChI=1S/C60H37NO2/c1-2-17-39-36-40(33-32-38(39)16-1)61(41-34-35-43-42-18-3-5-20-45(42)60(52(43)37-41)49-24-9-13-30-56(49)63-57-31-14-10-25-50(57)60)53-27-15-26-51-58(53)44-19-4-6-21-46(44)59(51)47-22-7-11-28-54(47)62-55-29-12-8-23-48(55)59/h1-37H. The topological polar surface area (TPSA) is 21.7 Å². The van der Waals surface area contributed by atoms with Crippen LogP contribution in [0.3, 0.4) is 0 Å². The number of ether oxygens (including phenoxy) is 2. The maximum absolute atomic E-state index is 6.72. The van der Waals surface area contributed by atoms with Gasteiger partial charge in [0, 0.05) is 39.2 Å². The van der Waals surface area contributed by atoms with Crippen molar-refractivity contribution in [2.45, 2.75) is 10.8 Å². The molecule has 10 aromatic rings. The Morgan fingerprint density at radius 1 is 0.286 bits per heavy atom. The number of para-hydroxylation sites is 4. The first kappa shape index (κ1) is 34.6. The fourth-order valence-electron chi connectivity index (χ4n) is 11.8. The number of hydrogen-bond acceptors (Lipinski definition) is 3. The van der Waals surface area contributed by atoms with Gasteiger partial charge in [0.1, 0.15) is 23.0 Å². The molecule has 0 aromatic heterocycles. The molecule has 0 amide bonds. The fraction of sp³-hybridized carbons (Fsp3) is 0.0333. The Morgan fingerprint density at radius 3 is 1.33 bits per heavy atom. The van der Waals surface area contributed by atoms with Crippen molar-refractivity contribution in [3.05, 3.63) is 269 Å². The largest absolute Gasteiger partial charge is 0.457 e. The van der Waals surface area contributed by atoms with E-state index in [9.17, 15) is 0 Å². The summed E-state index contributed by atoms with van der Waals surface area (Å²) in [6.45, 7) is 0. The Labute approximate surface area is 365 Å². The van der Waals surface area contributed by atoms with E-state index < -0.39 is 10.8 Å². The van der Waals surface area contributed by atoms with Gasteiger partial charge in [-0.15, -0.1) is 0 Å². The summed E-state index contributed by atoms with van der Waals surface area (Å²) in [5, 5.41) is 2.40. The van der Waals surface area contributed by atoms with Crippen LogP contribution in [0.4, 0.5) is 17.1 Å². The van der Waals surface area contributed by atoms with Crippen LogP contribution in [0, 0.1) is 0 Å². The van der Waals surface area contributed by atoms with E-state index >= 15 is 0 Å². The van der Waals surface area contributed by atoms with Crippen LogP contribution in [0.2, 0.25) is 0 Å². The lowest BCUT2D eigenvalue weighted by molar-refractivity contribution is 0.436. The molecular formula is C60H37NO2. The zero-order chi connectivity index (χ0) is 41.3. The molecule has 10 aromatic carbocycles. The number of benzene rings is 10. The smallest absolute Gasteiger partial charge is 0.132 e. The predicted octanol–water partition coefficient (Wildman–Crippen LogP) is 15.2. The number of rotatable bonds is 3. The van der Waals surface area contributed by atoms with E-state index in [4.69, 9.17) is 9.47 Å². The van der Waals surface area contributed by atoms with Crippen molar-refractivity contribution in [3.8, 4) is 45.3 Å². The van der Waals surface area contributed by atoms with Crippen molar-refractivity contribution < 1.29 is 9.47 Å². The summed E-state index contributed by atoms with van der Waals surface area (Å²) >= 11 is 0. The summed E-state index contributed by atoms with van der Waals surface area (Å²) in [7, 11) is 0. The maximum atomic E-state index is 6.72. The van der Waals surface area contributed by atoms with Crippen LogP contribution < -0.4 is 14.4 Å². The van der Waals surface area contributed by atoms with E-state index in [0.717, 1.165) is 62.3 Å². The highest BCUT2D eigenvalue weighted by atomic mass is 16.5. The van der Waals surface area contributed by atoms with Gasteiger partial charge in [-0.2, -0.15) is 0 Å². The predicted molar refractivity (Wildman–Crippen MR) is 253 cm³/mol. The molecule has 0 bridgehead atoms. The molecule has 3 nitrogen and oxygen atoms in total. The minimum Gasteiger partial charge on any atom is -0.457 e. The molecule has 2 spiro atoms. The summed E-state index contributed by atoms with van der Waals surface area (Å²) in [6.07, 6.45) is 0. The Hall–Kier alpha value is -8.14.